The second-order valence-electron chi connectivity index (χ2n) is 4.33. The van der Waals surface area contributed by atoms with E-state index < -0.39 is 0 Å². The van der Waals surface area contributed by atoms with Gasteiger partial charge >= 0.3 is 0 Å². The summed E-state index contributed by atoms with van der Waals surface area (Å²) in [6.07, 6.45) is 1.16. The lowest BCUT2D eigenvalue weighted by atomic mass is 9.96. The molecule has 0 aromatic heterocycles. The first-order valence-electron chi connectivity index (χ1n) is 5.19. The Morgan fingerprint density at radius 3 is 2.79 bits per heavy atom. The Kier molecular flexibility index (Phi) is 2.46. The minimum absolute atomic E-state index is 0.618. The van der Waals surface area contributed by atoms with Crippen molar-refractivity contribution >= 4 is 5.69 Å². The van der Waals surface area contributed by atoms with E-state index in [1.807, 2.05) is 0 Å². The van der Waals surface area contributed by atoms with Gasteiger partial charge < -0.3 is 10.2 Å². The molecule has 0 fully saturated rings. The van der Waals surface area contributed by atoms with Crippen LogP contribution in [0.25, 0.3) is 0 Å². The number of nitrogens with one attached hydrogen (secondary N) is 1. The maximum atomic E-state index is 3.49. The van der Waals surface area contributed by atoms with Crippen LogP contribution < -0.4 is 10.2 Å². The SMILES string of the molecule is CC1Cc2ccc(N(C)C)cc2CN1. The highest BCUT2D eigenvalue weighted by atomic mass is 15.1. The maximum absolute atomic E-state index is 3.49. The molecule has 1 aliphatic heterocycles. The van der Waals surface area contributed by atoms with E-state index in [9.17, 15) is 0 Å². The average molecular weight is 190 g/mol. The predicted octanol–water partition coefficient (Wildman–Crippen LogP) is 1.79. The van der Waals surface area contributed by atoms with Crippen molar-refractivity contribution in [2.45, 2.75) is 25.9 Å². The molecule has 2 nitrogen and oxygen atoms in total. The second kappa shape index (κ2) is 3.62. The summed E-state index contributed by atoms with van der Waals surface area (Å²) >= 11 is 0. The molecule has 14 heavy (non-hydrogen) atoms. The van der Waals surface area contributed by atoms with E-state index in [2.05, 4.69) is 49.4 Å². The summed E-state index contributed by atoms with van der Waals surface area (Å²) in [6, 6.07) is 7.38. The molecule has 0 bridgehead atoms. The van der Waals surface area contributed by atoms with Crippen LogP contribution in [0.2, 0.25) is 0 Å². The molecule has 2 heteroatoms. The van der Waals surface area contributed by atoms with E-state index in [1.54, 1.807) is 0 Å². The molecule has 2 rings (SSSR count). The van der Waals surface area contributed by atoms with E-state index in [0.717, 1.165) is 13.0 Å². The molecule has 0 spiro atoms. The van der Waals surface area contributed by atoms with Gasteiger partial charge in [0.15, 0.2) is 0 Å². The first-order chi connectivity index (χ1) is 6.66. The number of benzene rings is 1. The summed E-state index contributed by atoms with van der Waals surface area (Å²) in [5.41, 5.74) is 4.25. The molecular weight excluding hydrogens is 172 g/mol. The highest BCUT2D eigenvalue weighted by molar-refractivity contribution is 5.50. The van der Waals surface area contributed by atoms with Gasteiger partial charge in [0.05, 0.1) is 0 Å². The van der Waals surface area contributed by atoms with Crippen molar-refractivity contribution in [3.8, 4) is 0 Å². The van der Waals surface area contributed by atoms with E-state index in [1.165, 1.54) is 16.8 Å². The number of nitrogens with zero attached hydrogens (tertiary/aromatic N) is 1. The third kappa shape index (κ3) is 1.75. The summed E-state index contributed by atoms with van der Waals surface area (Å²) in [6.45, 7) is 3.25. The molecule has 1 unspecified atom stereocenters. The number of anilines is 1. The quantitative estimate of drug-likeness (QED) is 0.726. The van der Waals surface area contributed by atoms with Gasteiger partial charge in [-0.15, -0.1) is 0 Å². The van der Waals surface area contributed by atoms with Gasteiger partial charge in [0.1, 0.15) is 0 Å². The van der Waals surface area contributed by atoms with Crippen LogP contribution in [-0.4, -0.2) is 20.1 Å². The van der Waals surface area contributed by atoms with Crippen LogP contribution in [0.3, 0.4) is 0 Å². The van der Waals surface area contributed by atoms with Crippen LogP contribution in [0.15, 0.2) is 18.2 Å². The van der Waals surface area contributed by atoms with Crippen LogP contribution in [0, 0.1) is 0 Å². The van der Waals surface area contributed by atoms with E-state index >= 15 is 0 Å². The zero-order valence-corrected chi connectivity index (χ0v) is 9.17. The number of hydrogen-bond acceptors (Lipinski definition) is 2. The Hall–Kier alpha value is -1.02. The number of rotatable bonds is 1. The van der Waals surface area contributed by atoms with Crippen molar-refractivity contribution in [2.75, 3.05) is 19.0 Å². The summed E-state index contributed by atoms with van der Waals surface area (Å²) in [4.78, 5) is 2.15. The van der Waals surface area contributed by atoms with Gasteiger partial charge in [-0.3, -0.25) is 0 Å². The van der Waals surface area contributed by atoms with Crippen LogP contribution >= 0.6 is 0 Å². The Bertz CT molecular complexity index is 331. The normalized spacial score (nSPS) is 20.4. The van der Waals surface area contributed by atoms with Crippen molar-refractivity contribution < 1.29 is 0 Å². The molecule has 1 N–H and O–H groups in total. The lowest BCUT2D eigenvalue weighted by Crippen LogP contribution is -2.32. The second-order valence-corrected chi connectivity index (χ2v) is 4.33. The standard InChI is InChI=1S/C12H18N2/c1-9-6-10-4-5-12(14(2)3)7-11(10)8-13-9/h4-5,7,9,13H,6,8H2,1-3H3. The molecular formula is C12H18N2. The van der Waals surface area contributed by atoms with E-state index in [0.29, 0.717) is 6.04 Å². The average Bonchev–Trinajstić information content (AvgIpc) is 2.16. The topological polar surface area (TPSA) is 15.3 Å². The molecule has 1 atom stereocenters. The summed E-state index contributed by atoms with van der Waals surface area (Å²) in [5.74, 6) is 0. The zero-order chi connectivity index (χ0) is 10.1. The highest BCUT2D eigenvalue weighted by Crippen LogP contribution is 2.22. The first-order valence-corrected chi connectivity index (χ1v) is 5.19. The summed E-state index contributed by atoms with van der Waals surface area (Å²) in [5, 5.41) is 3.49. The maximum Gasteiger partial charge on any atom is 0.0364 e. The molecule has 0 amide bonds. The molecule has 1 aromatic carbocycles. The van der Waals surface area contributed by atoms with Gasteiger partial charge in [0.25, 0.3) is 0 Å². The predicted molar refractivity (Wildman–Crippen MR) is 60.8 cm³/mol. The van der Waals surface area contributed by atoms with Gasteiger partial charge in [-0.2, -0.15) is 0 Å². The van der Waals surface area contributed by atoms with Gasteiger partial charge in [-0.25, -0.2) is 0 Å². The number of hydrogen-bond donors (Lipinski definition) is 1. The Morgan fingerprint density at radius 1 is 1.29 bits per heavy atom. The van der Waals surface area contributed by atoms with Gasteiger partial charge in [-0.1, -0.05) is 6.07 Å². The van der Waals surface area contributed by atoms with E-state index in [4.69, 9.17) is 0 Å². The monoisotopic (exact) mass is 190 g/mol. The largest absolute Gasteiger partial charge is 0.378 e. The van der Waals surface area contributed by atoms with Crippen molar-refractivity contribution in [1.82, 2.24) is 5.32 Å². The van der Waals surface area contributed by atoms with Crippen molar-refractivity contribution in [1.29, 1.82) is 0 Å². The van der Waals surface area contributed by atoms with Crippen LogP contribution in [0.1, 0.15) is 18.1 Å². The van der Waals surface area contributed by atoms with Crippen LogP contribution in [0.5, 0.6) is 0 Å². The van der Waals surface area contributed by atoms with E-state index in [-0.39, 0.29) is 0 Å². The molecule has 0 saturated carbocycles. The zero-order valence-electron chi connectivity index (χ0n) is 9.17. The van der Waals surface area contributed by atoms with Crippen LogP contribution in [0.4, 0.5) is 5.69 Å². The molecule has 1 aliphatic rings. The summed E-state index contributed by atoms with van der Waals surface area (Å²) < 4.78 is 0. The van der Waals surface area contributed by atoms with Crippen molar-refractivity contribution in [3.05, 3.63) is 29.3 Å². The fraction of sp³-hybridized carbons (Fsp3) is 0.500. The molecule has 0 saturated heterocycles. The fourth-order valence-corrected chi connectivity index (χ4v) is 1.94. The van der Waals surface area contributed by atoms with Crippen LogP contribution in [-0.2, 0) is 13.0 Å². The third-order valence-electron chi connectivity index (χ3n) is 2.87. The molecule has 0 aliphatic carbocycles. The van der Waals surface area contributed by atoms with Crippen molar-refractivity contribution in [2.24, 2.45) is 0 Å². The molecule has 76 valence electrons. The smallest absolute Gasteiger partial charge is 0.0364 e. The Morgan fingerprint density at radius 2 is 2.07 bits per heavy atom. The number of fused-ring (bicyclic) bond motifs is 1. The Labute approximate surface area is 85.9 Å². The fourth-order valence-electron chi connectivity index (χ4n) is 1.94. The highest BCUT2D eigenvalue weighted by Gasteiger charge is 2.14. The summed E-state index contributed by atoms with van der Waals surface area (Å²) in [7, 11) is 4.17. The van der Waals surface area contributed by atoms with Gasteiger partial charge in [0, 0.05) is 32.4 Å². The van der Waals surface area contributed by atoms with Gasteiger partial charge in [-0.05, 0) is 36.6 Å². The first kappa shape index (κ1) is 9.53. The molecule has 1 heterocycles. The van der Waals surface area contributed by atoms with Crippen molar-refractivity contribution in [3.63, 3.8) is 0 Å². The molecule has 1 aromatic rings. The molecule has 0 radical (unpaired) electrons. The van der Waals surface area contributed by atoms with Gasteiger partial charge in [0.2, 0.25) is 0 Å². The Balaban J connectivity index is 2.31. The minimum Gasteiger partial charge on any atom is -0.378 e. The lowest BCUT2D eigenvalue weighted by Gasteiger charge is -2.24. The lowest BCUT2D eigenvalue weighted by molar-refractivity contribution is 0.513. The minimum atomic E-state index is 0.618. The third-order valence-corrected chi connectivity index (χ3v) is 2.87.